The molecule has 1 N–H and O–H groups in total. The predicted octanol–water partition coefficient (Wildman–Crippen LogP) is 3.25. The lowest BCUT2D eigenvalue weighted by Crippen LogP contribution is -2.22. The molecule has 0 saturated carbocycles. The Bertz CT molecular complexity index is 553. The molecule has 1 aliphatic heterocycles. The van der Waals surface area contributed by atoms with E-state index in [1.165, 1.54) is 43.3 Å². The van der Waals surface area contributed by atoms with Crippen LogP contribution in [0, 0.1) is 12.7 Å². The van der Waals surface area contributed by atoms with Crippen molar-refractivity contribution >= 4 is 10.9 Å². The van der Waals surface area contributed by atoms with Crippen LogP contribution in [-0.4, -0.2) is 29.5 Å². The van der Waals surface area contributed by atoms with E-state index in [4.69, 9.17) is 0 Å². The fourth-order valence-corrected chi connectivity index (χ4v) is 2.95. The summed E-state index contributed by atoms with van der Waals surface area (Å²) in [6.45, 7) is 5.60. The molecule has 0 spiro atoms. The van der Waals surface area contributed by atoms with Gasteiger partial charge in [-0.1, -0.05) is 0 Å². The molecule has 3 heteroatoms. The van der Waals surface area contributed by atoms with E-state index < -0.39 is 0 Å². The maximum Gasteiger partial charge on any atom is 0.123 e. The Kier molecular flexibility index (Phi) is 3.08. The highest BCUT2D eigenvalue weighted by Gasteiger charge is 2.14. The monoisotopic (exact) mass is 246 g/mol. The van der Waals surface area contributed by atoms with E-state index in [2.05, 4.69) is 16.8 Å². The number of hydrogen-bond donors (Lipinski definition) is 1. The Morgan fingerprint density at radius 2 is 2.06 bits per heavy atom. The zero-order valence-corrected chi connectivity index (χ0v) is 10.8. The average molecular weight is 246 g/mol. The molecule has 18 heavy (non-hydrogen) atoms. The largest absolute Gasteiger partial charge is 0.358 e. The van der Waals surface area contributed by atoms with Crippen molar-refractivity contribution in [3.8, 4) is 0 Å². The van der Waals surface area contributed by atoms with Gasteiger partial charge in [0.25, 0.3) is 0 Å². The maximum absolute atomic E-state index is 13.3. The molecule has 0 unspecified atom stereocenters. The number of benzene rings is 1. The van der Waals surface area contributed by atoms with Crippen molar-refractivity contribution in [3.63, 3.8) is 0 Å². The van der Waals surface area contributed by atoms with Gasteiger partial charge in [0.05, 0.1) is 0 Å². The van der Waals surface area contributed by atoms with Gasteiger partial charge in [-0.15, -0.1) is 0 Å². The predicted molar refractivity (Wildman–Crippen MR) is 72.4 cm³/mol. The number of rotatable bonds is 3. The van der Waals surface area contributed by atoms with Crippen LogP contribution < -0.4 is 0 Å². The first-order valence-electron chi connectivity index (χ1n) is 6.73. The highest BCUT2D eigenvalue weighted by atomic mass is 19.1. The standard InChI is InChI=1S/C15H19FN2/c1-11-13(6-9-18-7-2-3-8-18)14-10-12(16)4-5-15(14)17-11/h4-5,10,17H,2-3,6-9H2,1H3. The Hall–Kier alpha value is -1.35. The fourth-order valence-electron chi connectivity index (χ4n) is 2.95. The van der Waals surface area contributed by atoms with Crippen LogP contribution in [-0.2, 0) is 6.42 Å². The second-order valence-corrected chi connectivity index (χ2v) is 5.22. The van der Waals surface area contributed by atoms with E-state index in [1.807, 2.05) is 6.07 Å². The van der Waals surface area contributed by atoms with Crippen molar-refractivity contribution in [2.75, 3.05) is 19.6 Å². The fraction of sp³-hybridized carbons (Fsp3) is 0.467. The molecule has 2 nitrogen and oxygen atoms in total. The van der Waals surface area contributed by atoms with E-state index in [0.717, 1.165) is 23.9 Å². The summed E-state index contributed by atoms with van der Waals surface area (Å²) in [5, 5.41) is 1.05. The molecule has 0 bridgehead atoms. The third-order valence-corrected chi connectivity index (χ3v) is 3.96. The maximum atomic E-state index is 13.3. The van der Waals surface area contributed by atoms with Crippen molar-refractivity contribution in [2.45, 2.75) is 26.2 Å². The van der Waals surface area contributed by atoms with Crippen molar-refractivity contribution < 1.29 is 4.39 Å². The minimum absolute atomic E-state index is 0.149. The summed E-state index contributed by atoms with van der Waals surface area (Å²) < 4.78 is 13.3. The normalized spacial score (nSPS) is 16.8. The van der Waals surface area contributed by atoms with Gasteiger partial charge in [-0.2, -0.15) is 0 Å². The Balaban J connectivity index is 1.85. The van der Waals surface area contributed by atoms with E-state index in [0.29, 0.717) is 0 Å². The quantitative estimate of drug-likeness (QED) is 0.880. The van der Waals surface area contributed by atoms with E-state index in [1.54, 1.807) is 6.07 Å². The molecule has 1 aromatic carbocycles. The first-order valence-corrected chi connectivity index (χ1v) is 6.73. The molecule has 0 amide bonds. The van der Waals surface area contributed by atoms with Crippen LogP contribution in [0.25, 0.3) is 10.9 Å². The topological polar surface area (TPSA) is 19.0 Å². The van der Waals surface area contributed by atoms with Crippen molar-refractivity contribution in [1.29, 1.82) is 0 Å². The molecular formula is C15H19FN2. The number of nitrogens with one attached hydrogen (secondary N) is 1. The van der Waals surface area contributed by atoms with Gasteiger partial charge in [-0.25, -0.2) is 4.39 Å². The summed E-state index contributed by atoms with van der Waals surface area (Å²) in [6.07, 6.45) is 3.65. The number of aromatic nitrogens is 1. The number of aromatic amines is 1. The molecule has 1 aromatic heterocycles. The SMILES string of the molecule is Cc1[nH]c2ccc(F)cc2c1CCN1CCCC1. The van der Waals surface area contributed by atoms with E-state index >= 15 is 0 Å². The summed E-state index contributed by atoms with van der Waals surface area (Å²) in [4.78, 5) is 5.84. The summed E-state index contributed by atoms with van der Waals surface area (Å²) in [5.41, 5.74) is 3.50. The van der Waals surface area contributed by atoms with Crippen molar-refractivity contribution in [3.05, 3.63) is 35.3 Å². The smallest absolute Gasteiger partial charge is 0.123 e. The number of nitrogens with zero attached hydrogens (tertiary/aromatic N) is 1. The molecule has 96 valence electrons. The average Bonchev–Trinajstić information content (AvgIpc) is 2.94. The van der Waals surface area contributed by atoms with Gasteiger partial charge in [0, 0.05) is 23.1 Å². The number of hydrogen-bond acceptors (Lipinski definition) is 1. The summed E-state index contributed by atoms with van der Waals surface area (Å²) in [6, 6.07) is 5.00. The third kappa shape index (κ3) is 2.15. The lowest BCUT2D eigenvalue weighted by Gasteiger charge is -2.14. The van der Waals surface area contributed by atoms with Gasteiger partial charge in [-0.3, -0.25) is 0 Å². The molecule has 1 aliphatic rings. The van der Waals surface area contributed by atoms with Crippen LogP contribution in [0.2, 0.25) is 0 Å². The van der Waals surface area contributed by atoms with Crippen LogP contribution in [0.5, 0.6) is 0 Å². The first kappa shape index (κ1) is 11.7. The van der Waals surface area contributed by atoms with Crippen LogP contribution in [0.3, 0.4) is 0 Å². The molecule has 2 aromatic rings. The molecule has 0 radical (unpaired) electrons. The molecular weight excluding hydrogens is 227 g/mol. The number of H-pyrrole nitrogens is 1. The van der Waals surface area contributed by atoms with Gasteiger partial charge < -0.3 is 9.88 Å². The molecule has 2 heterocycles. The van der Waals surface area contributed by atoms with Crippen LogP contribution in [0.4, 0.5) is 4.39 Å². The van der Waals surface area contributed by atoms with Crippen LogP contribution in [0.15, 0.2) is 18.2 Å². The van der Waals surface area contributed by atoms with Crippen LogP contribution in [0.1, 0.15) is 24.1 Å². The summed E-state index contributed by atoms with van der Waals surface area (Å²) in [7, 11) is 0. The summed E-state index contributed by atoms with van der Waals surface area (Å²) in [5.74, 6) is -0.149. The van der Waals surface area contributed by atoms with Gasteiger partial charge in [0.1, 0.15) is 5.82 Å². The lowest BCUT2D eigenvalue weighted by molar-refractivity contribution is 0.343. The summed E-state index contributed by atoms with van der Waals surface area (Å²) >= 11 is 0. The van der Waals surface area contributed by atoms with Gasteiger partial charge in [0.15, 0.2) is 0 Å². The Morgan fingerprint density at radius 1 is 1.28 bits per heavy atom. The molecule has 1 fully saturated rings. The Labute approximate surface area is 107 Å². The second-order valence-electron chi connectivity index (χ2n) is 5.22. The Morgan fingerprint density at radius 3 is 2.83 bits per heavy atom. The number of aryl methyl sites for hydroxylation is 1. The molecule has 0 aliphatic carbocycles. The third-order valence-electron chi connectivity index (χ3n) is 3.96. The zero-order chi connectivity index (χ0) is 12.5. The minimum Gasteiger partial charge on any atom is -0.358 e. The zero-order valence-electron chi connectivity index (χ0n) is 10.8. The first-order chi connectivity index (χ1) is 8.74. The number of likely N-dealkylation sites (tertiary alicyclic amines) is 1. The minimum atomic E-state index is -0.149. The number of halogens is 1. The van der Waals surface area contributed by atoms with E-state index in [9.17, 15) is 4.39 Å². The molecule has 0 atom stereocenters. The van der Waals surface area contributed by atoms with Crippen molar-refractivity contribution in [2.24, 2.45) is 0 Å². The highest BCUT2D eigenvalue weighted by molar-refractivity contribution is 5.84. The number of fused-ring (bicyclic) bond motifs is 1. The molecule has 1 saturated heterocycles. The molecule has 3 rings (SSSR count). The second kappa shape index (κ2) is 4.73. The van der Waals surface area contributed by atoms with E-state index in [-0.39, 0.29) is 5.82 Å². The van der Waals surface area contributed by atoms with Crippen LogP contribution >= 0.6 is 0 Å². The van der Waals surface area contributed by atoms with Crippen molar-refractivity contribution in [1.82, 2.24) is 9.88 Å². The van der Waals surface area contributed by atoms with Gasteiger partial charge in [0.2, 0.25) is 0 Å². The highest BCUT2D eigenvalue weighted by Crippen LogP contribution is 2.24. The van der Waals surface area contributed by atoms with Gasteiger partial charge in [-0.05, 0) is 63.0 Å². The lowest BCUT2D eigenvalue weighted by atomic mass is 10.1. The van der Waals surface area contributed by atoms with Gasteiger partial charge >= 0.3 is 0 Å².